The van der Waals surface area contributed by atoms with E-state index in [4.69, 9.17) is 9.47 Å². The number of fused-ring (bicyclic) bond motifs is 2. The number of para-hydroxylation sites is 3. The summed E-state index contributed by atoms with van der Waals surface area (Å²) < 4.78 is 13.5. The summed E-state index contributed by atoms with van der Waals surface area (Å²) in [6.07, 6.45) is 7.26. The van der Waals surface area contributed by atoms with Crippen LogP contribution >= 0.6 is 0 Å². The highest BCUT2D eigenvalue weighted by atomic mass is 16.5. The standard InChI is InChI=1S/C52H40O2/c1-35-17-9-11-23-41(35)37-29-31-43-47(33-37)51(45-25-13-15-27-49(45)53-39-19-5-3-6-20-39)44-32-30-38(42-24-12-10-18-36(42)2)34-48(44)52(43)46-26-14-16-28-50(46)54-40-21-7-4-8-22-40/h3-27,29-34,50H,28H2,1-2H3. The molecule has 9 rings (SSSR count). The first kappa shape index (κ1) is 33.2. The van der Waals surface area contributed by atoms with E-state index in [2.05, 4.69) is 141 Å². The number of aryl methyl sites for hydroxylation is 2. The Balaban J connectivity index is 1.38. The van der Waals surface area contributed by atoms with Crippen LogP contribution in [0.2, 0.25) is 0 Å². The lowest BCUT2D eigenvalue weighted by molar-refractivity contribution is 0.261. The maximum absolute atomic E-state index is 6.82. The quantitative estimate of drug-likeness (QED) is 0.147. The Labute approximate surface area is 317 Å². The summed E-state index contributed by atoms with van der Waals surface area (Å²) in [5.74, 6) is 2.48. The molecule has 0 saturated heterocycles. The van der Waals surface area contributed by atoms with E-state index in [1.165, 1.54) is 60.7 Å². The molecule has 0 radical (unpaired) electrons. The van der Waals surface area contributed by atoms with Gasteiger partial charge in [0.25, 0.3) is 0 Å². The lowest BCUT2D eigenvalue weighted by Crippen LogP contribution is -2.20. The van der Waals surface area contributed by atoms with E-state index in [9.17, 15) is 0 Å². The van der Waals surface area contributed by atoms with E-state index in [1.54, 1.807) is 0 Å². The van der Waals surface area contributed by atoms with Crippen molar-refractivity contribution in [3.8, 4) is 50.6 Å². The van der Waals surface area contributed by atoms with Crippen LogP contribution in [0.3, 0.4) is 0 Å². The Bertz CT molecular complexity index is 2700. The van der Waals surface area contributed by atoms with Gasteiger partial charge in [-0.05, 0) is 117 Å². The Morgan fingerprint density at radius 2 is 0.981 bits per heavy atom. The van der Waals surface area contributed by atoms with Crippen LogP contribution in [-0.2, 0) is 0 Å². The van der Waals surface area contributed by atoms with E-state index in [1.807, 2.05) is 60.7 Å². The van der Waals surface area contributed by atoms with Crippen LogP contribution < -0.4 is 9.47 Å². The third kappa shape index (κ3) is 6.27. The van der Waals surface area contributed by atoms with Gasteiger partial charge < -0.3 is 9.47 Å². The number of ether oxygens (including phenoxy) is 2. The van der Waals surface area contributed by atoms with Crippen LogP contribution in [0.15, 0.2) is 188 Å². The van der Waals surface area contributed by atoms with Crippen LogP contribution in [0.1, 0.15) is 23.1 Å². The van der Waals surface area contributed by atoms with Gasteiger partial charge >= 0.3 is 0 Å². The molecule has 0 N–H and O–H groups in total. The zero-order valence-corrected chi connectivity index (χ0v) is 30.5. The van der Waals surface area contributed by atoms with Crippen molar-refractivity contribution in [2.75, 3.05) is 0 Å². The Hall–Kier alpha value is -6.64. The Morgan fingerprint density at radius 3 is 1.61 bits per heavy atom. The number of hydrogen-bond acceptors (Lipinski definition) is 2. The minimum atomic E-state index is -0.165. The summed E-state index contributed by atoms with van der Waals surface area (Å²) >= 11 is 0. The molecular weight excluding hydrogens is 657 g/mol. The predicted octanol–water partition coefficient (Wildman–Crippen LogP) is 14.2. The fraction of sp³-hybridized carbons (Fsp3) is 0.0769. The van der Waals surface area contributed by atoms with E-state index in [0.29, 0.717) is 0 Å². The lowest BCUT2D eigenvalue weighted by atomic mass is 9.81. The predicted molar refractivity (Wildman–Crippen MR) is 226 cm³/mol. The molecule has 1 aliphatic carbocycles. The molecule has 0 aromatic heterocycles. The van der Waals surface area contributed by atoms with Crippen LogP contribution in [-0.4, -0.2) is 6.10 Å². The first-order valence-corrected chi connectivity index (χ1v) is 18.7. The summed E-state index contributed by atoms with van der Waals surface area (Å²) in [4.78, 5) is 0. The third-order valence-electron chi connectivity index (χ3n) is 10.6. The van der Waals surface area contributed by atoms with E-state index >= 15 is 0 Å². The summed E-state index contributed by atoms with van der Waals surface area (Å²) in [5, 5.41) is 4.68. The molecule has 2 nitrogen and oxygen atoms in total. The largest absolute Gasteiger partial charge is 0.485 e. The van der Waals surface area contributed by atoms with Crippen molar-refractivity contribution in [3.63, 3.8) is 0 Å². The molecule has 0 bridgehead atoms. The lowest BCUT2D eigenvalue weighted by Gasteiger charge is -2.27. The highest BCUT2D eigenvalue weighted by Gasteiger charge is 2.26. The molecule has 260 valence electrons. The average Bonchev–Trinajstić information content (AvgIpc) is 3.21. The van der Waals surface area contributed by atoms with E-state index < -0.39 is 0 Å². The molecule has 1 unspecified atom stereocenters. The molecule has 0 spiro atoms. The van der Waals surface area contributed by atoms with Gasteiger partial charge in [0.15, 0.2) is 0 Å². The van der Waals surface area contributed by atoms with E-state index in [0.717, 1.165) is 40.2 Å². The fourth-order valence-corrected chi connectivity index (χ4v) is 7.96. The van der Waals surface area contributed by atoms with Crippen LogP contribution in [0.25, 0.3) is 60.5 Å². The van der Waals surface area contributed by atoms with Gasteiger partial charge in [-0.2, -0.15) is 0 Å². The fourth-order valence-electron chi connectivity index (χ4n) is 7.96. The molecule has 8 aromatic carbocycles. The van der Waals surface area contributed by atoms with Crippen LogP contribution in [0, 0.1) is 13.8 Å². The van der Waals surface area contributed by atoms with Crippen LogP contribution in [0.5, 0.6) is 17.2 Å². The maximum Gasteiger partial charge on any atom is 0.135 e. The van der Waals surface area contributed by atoms with Gasteiger partial charge in [-0.1, -0.05) is 146 Å². The van der Waals surface area contributed by atoms with Crippen molar-refractivity contribution >= 4 is 27.1 Å². The molecule has 0 fully saturated rings. The smallest absolute Gasteiger partial charge is 0.135 e. The number of allylic oxidation sites excluding steroid dienone is 2. The normalized spacial score (nSPS) is 13.9. The van der Waals surface area contributed by atoms with Gasteiger partial charge in [0.1, 0.15) is 23.4 Å². The minimum absolute atomic E-state index is 0.165. The second-order valence-electron chi connectivity index (χ2n) is 14.0. The van der Waals surface area contributed by atoms with Crippen molar-refractivity contribution in [2.45, 2.75) is 26.4 Å². The molecule has 0 saturated carbocycles. The first-order chi connectivity index (χ1) is 26.6. The Morgan fingerprint density at radius 1 is 0.463 bits per heavy atom. The molecule has 54 heavy (non-hydrogen) atoms. The number of hydrogen-bond donors (Lipinski definition) is 0. The number of benzene rings is 8. The molecule has 0 heterocycles. The summed E-state index contributed by atoms with van der Waals surface area (Å²) in [7, 11) is 0. The molecule has 1 atom stereocenters. The first-order valence-electron chi connectivity index (χ1n) is 18.7. The highest BCUT2D eigenvalue weighted by Crippen LogP contribution is 2.48. The molecule has 1 aliphatic rings. The SMILES string of the molecule is Cc1ccccc1-c1ccc2c(-c3ccccc3Oc3ccccc3)c3cc(-c4ccccc4C)ccc3c(C3=CC=CCC3Oc3ccccc3)c2c1. The summed E-state index contributed by atoms with van der Waals surface area (Å²) in [5.41, 5.74) is 11.9. The minimum Gasteiger partial charge on any atom is -0.485 e. The molecule has 2 heteroatoms. The maximum atomic E-state index is 6.82. The van der Waals surface area contributed by atoms with Crippen molar-refractivity contribution < 1.29 is 9.47 Å². The molecular formula is C52H40O2. The van der Waals surface area contributed by atoms with Crippen molar-refractivity contribution in [2.24, 2.45) is 0 Å². The van der Waals surface area contributed by atoms with Gasteiger partial charge in [-0.15, -0.1) is 0 Å². The highest BCUT2D eigenvalue weighted by molar-refractivity contribution is 6.21. The topological polar surface area (TPSA) is 18.5 Å². The summed E-state index contributed by atoms with van der Waals surface area (Å²) in [6, 6.07) is 60.0. The zero-order valence-electron chi connectivity index (χ0n) is 30.5. The monoisotopic (exact) mass is 696 g/mol. The average molecular weight is 697 g/mol. The third-order valence-corrected chi connectivity index (χ3v) is 10.6. The van der Waals surface area contributed by atoms with Crippen molar-refractivity contribution in [1.82, 2.24) is 0 Å². The second-order valence-corrected chi connectivity index (χ2v) is 14.0. The van der Waals surface area contributed by atoms with Crippen LogP contribution in [0.4, 0.5) is 0 Å². The van der Waals surface area contributed by atoms with Gasteiger partial charge in [-0.3, -0.25) is 0 Å². The second kappa shape index (κ2) is 14.4. The van der Waals surface area contributed by atoms with Gasteiger partial charge in [-0.25, -0.2) is 0 Å². The van der Waals surface area contributed by atoms with E-state index in [-0.39, 0.29) is 6.10 Å². The van der Waals surface area contributed by atoms with Gasteiger partial charge in [0, 0.05) is 23.1 Å². The van der Waals surface area contributed by atoms with Crippen molar-refractivity contribution in [3.05, 3.63) is 205 Å². The summed E-state index contributed by atoms with van der Waals surface area (Å²) in [6.45, 7) is 4.38. The number of rotatable bonds is 8. The molecule has 8 aromatic rings. The Kier molecular flexibility index (Phi) is 8.86. The molecule has 0 aliphatic heterocycles. The molecule has 0 amide bonds. The van der Waals surface area contributed by atoms with Gasteiger partial charge in [0.2, 0.25) is 0 Å². The van der Waals surface area contributed by atoms with Gasteiger partial charge in [0.05, 0.1) is 0 Å². The zero-order chi connectivity index (χ0) is 36.4. The van der Waals surface area contributed by atoms with Crippen molar-refractivity contribution in [1.29, 1.82) is 0 Å².